The van der Waals surface area contributed by atoms with E-state index in [0.717, 1.165) is 36.9 Å². The zero-order valence-electron chi connectivity index (χ0n) is 38.0. The average Bonchev–Trinajstić information content (AvgIpc) is 3.29. The summed E-state index contributed by atoms with van der Waals surface area (Å²) in [5, 5.41) is 58.5. The Hall–Kier alpha value is -5.77. The first-order chi connectivity index (χ1) is 32.2. The van der Waals surface area contributed by atoms with E-state index in [1.807, 2.05) is 0 Å². The first-order valence-corrected chi connectivity index (χ1v) is 25.1. The molecule has 4 aromatic rings. The van der Waals surface area contributed by atoms with E-state index in [0.29, 0.717) is 16.4 Å². The van der Waals surface area contributed by atoms with E-state index in [4.69, 9.17) is 12.2 Å². The normalized spacial score (nSPS) is 11.9. The van der Waals surface area contributed by atoms with Crippen LogP contribution in [-0.2, 0) is 30.4 Å². The third-order valence-electron chi connectivity index (χ3n) is 11.5. The summed E-state index contributed by atoms with van der Waals surface area (Å²) < 4.78 is 0. The highest BCUT2D eigenvalue weighted by Crippen LogP contribution is 2.56. The van der Waals surface area contributed by atoms with Gasteiger partial charge in [-0.05, 0) is 92.0 Å². The Kier molecular flexibility index (Phi) is 23.4. The van der Waals surface area contributed by atoms with Gasteiger partial charge in [0.1, 0.15) is 23.2 Å². The van der Waals surface area contributed by atoms with Gasteiger partial charge >= 0.3 is 29.8 Å². The molecule has 0 aromatic heterocycles. The van der Waals surface area contributed by atoms with Gasteiger partial charge < -0.3 is 36.2 Å². The highest BCUT2D eigenvalue weighted by molar-refractivity contribution is 7.95. The molecule has 1 unspecified atom stereocenters. The summed E-state index contributed by atoms with van der Waals surface area (Å²) in [6.07, 6.45) is 10.5. The van der Waals surface area contributed by atoms with Gasteiger partial charge in [-0.15, -0.1) is 0 Å². The molecule has 0 bridgehead atoms. The molecule has 17 heteroatoms. The molecule has 0 heterocycles. The molecular weight excluding hydrogens is 894 g/mol. The fraction of sp³-hybridized carbons (Fsp3) is 0.400. The molecular formula is C50H65N5O10PS+. The molecule has 360 valence electrons. The average molecular weight is 959 g/mol. The Balaban J connectivity index is 1.22. The Morgan fingerprint density at radius 1 is 0.507 bits per heavy atom. The standard InChI is InChI=1S/C50H64N5O10PS/c56-45(57)34-53(29-30-54(35-46(58)59)36-47(60)61)33-41(55(37-48(62)63)38-49(64)65)32-39-24-26-40(27-25-39)52-50(67)51-28-16-5-3-1-2-4-6-17-31-66(42-18-10-7-11-19-42,43-20-12-8-13-21-43)44-22-14-9-15-23-44/h7-15,18-27,41H,1-6,16-17,28-38H2,(H6-,51,52,56,57,58,59,60,61,62,63,64,65,67)/p+1. The number of thiocarbonyl (C=S) groups is 1. The van der Waals surface area contributed by atoms with Gasteiger partial charge in [0.25, 0.3) is 0 Å². The number of aliphatic carboxylic acids is 5. The number of carbonyl (C=O) groups is 5. The largest absolute Gasteiger partial charge is 0.480 e. The van der Waals surface area contributed by atoms with Crippen molar-refractivity contribution in [1.29, 1.82) is 0 Å². The van der Waals surface area contributed by atoms with E-state index in [1.54, 1.807) is 24.3 Å². The highest BCUT2D eigenvalue weighted by Gasteiger charge is 2.44. The van der Waals surface area contributed by atoms with Crippen LogP contribution in [0.3, 0.4) is 0 Å². The summed E-state index contributed by atoms with van der Waals surface area (Å²) in [4.78, 5) is 61.9. The second-order valence-corrected chi connectivity index (χ2v) is 20.6. The minimum atomic E-state index is -1.79. The molecule has 15 nitrogen and oxygen atoms in total. The van der Waals surface area contributed by atoms with Crippen LogP contribution in [0.4, 0.5) is 5.69 Å². The molecule has 4 rings (SSSR count). The van der Waals surface area contributed by atoms with Crippen molar-refractivity contribution in [3.8, 4) is 0 Å². The summed E-state index contributed by atoms with van der Waals surface area (Å²) in [5.41, 5.74) is 1.41. The van der Waals surface area contributed by atoms with E-state index in [1.165, 1.54) is 57.8 Å². The quantitative estimate of drug-likeness (QED) is 0.0182. The highest BCUT2D eigenvalue weighted by atomic mass is 32.1. The third-order valence-corrected chi connectivity index (χ3v) is 16.2. The van der Waals surface area contributed by atoms with Gasteiger partial charge in [0, 0.05) is 37.9 Å². The molecule has 0 spiro atoms. The molecule has 0 fully saturated rings. The van der Waals surface area contributed by atoms with Crippen molar-refractivity contribution < 1.29 is 49.5 Å². The third kappa shape index (κ3) is 19.5. The lowest BCUT2D eigenvalue weighted by molar-refractivity contribution is -0.144. The molecule has 0 radical (unpaired) electrons. The number of nitrogens with one attached hydrogen (secondary N) is 2. The number of hydrogen-bond donors (Lipinski definition) is 7. The number of anilines is 1. The number of benzene rings is 4. The van der Waals surface area contributed by atoms with Gasteiger partial charge in [-0.25, -0.2) is 0 Å². The Morgan fingerprint density at radius 2 is 0.910 bits per heavy atom. The smallest absolute Gasteiger partial charge is 0.317 e. The lowest BCUT2D eigenvalue weighted by Crippen LogP contribution is -2.51. The molecule has 0 saturated carbocycles. The number of carboxylic acids is 5. The number of unbranched alkanes of at least 4 members (excludes halogenated alkanes) is 7. The molecule has 1 atom stereocenters. The summed E-state index contributed by atoms with van der Waals surface area (Å²) in [6.45, 7) is -2.56. The van der Waals surface area contributed by atoms with E-state index < -0.39 is 75.9 Å². The predicted molar refractivity (Wildman–Crippen MR) is 268 cm³/mol. The number of rotatable bonds is 33. The van der Waals surface area contributed by atoms with Crippen molar-refractivity contribution in [2.75, 3.05) is 70.4 Å². The van der Waals surface area contributed by atoms with Gasteiger partial charge in [0.2, 0.25) is 0 Å². The zero-order valence-corrected chi connectivity index (χ0v) is 39.7. The summed E-state index contributed by atoms with van der Waals surface area (Å²) in [7, 11) is -1.79. The van der Waals surface area contributed by atoms with Crippen LogP contribution in [0, 0.1) is 0 Å². The van der Waals surface area contributed by atoms with Crippen LogP contribution in [0.15, 0.2) is 115 Å². The van der Waals surface area contributed by atoms with Gasteiger partial charge in [-0.3, -0.25) is 38.7 Å². The lowest BCUT2D eigenvalue weighted by atomic mass is 10.0. The maximum Gasteiger partial charge on any atom is 0.317 e. The molecule has 67 heavy (non-hydrogen) atoms. The fourth-order valence-corrected chi connectivity index (χ4v) is 13.0. The monoisotopic (exact) mass is 958 g/mol. The summed E-state index contributed by atoms with van der Waals surface area (Å²) in [6, 6.07) is 39.5. The van der Waals surface area contributed by atoms with Gasteiger partial charge in [-0.2, -0.15) is 0 Å². The summed E-state index contributed by atoms with van der Waals surface area (Å²) >= 11 is 5.54. The van der Waals surface area contributed by atoms with Crippen LogP contribution in [0.25, 0.3) is 0 Å². The van der Waals surface area contributed by atoms with E-state index >= 15 is 0 Å². The molecule has 0 aliphatic carbocycles. The maximum atomic E-state index is 11.8. The van der Waals surface area contributed by atoms with Crippen LogP contribution in [0.1, 0.15) is 56.9 Å². The Bertz CT molecular complexity index is 2030. The number of carboxylic acid groups (broad SMARTS) is 5. The second kappa shape index (κ2) is 29.1. The number of hydrogen-bond acceptors (Lipinski definition) is 9. The Morgan fingerprint density at radius 3 is 1.36 bits per heavy atom. The van der Waals surface area contributed by atoms with Crippen molar-refractivity contribution in [2.24, 2.45) is 0 Å². The van der Waals surface area contributed by atoms with Crippen molar-refractivity contribution >= 4 is 76.0 Å². The summed E-state index contributed by atoms with van der Waals surface area (Å²) in [5.74, 6) is -6.30. The lowest BCUT2D eigenvalue weighted by Gasteiger charge is -2.34. The molecule has 0 saturated heterocycles. The minimum absolute atomic E-state index is 0.0757. The molecule has 4 aromatic carbocycles. The minimum Gasteiger partial charge on any atom is -0.480 e. The second-order valence-electron chi connectivity index (χ2n) is 16.6. The first-order valence-electron chi connectivity index (χ1n) is 22.7. The van der Waals surface area contributed by atoms with E-state index in [9.17, 15) is 49.5 Å². The maximum absolute atomic E-state index is 11.8. The van der Waals surface area contributed by atoms with Crippen LogP contribution in [0.2, 0.25) is 0 Å². The van der Waals surface area contributed by atoms with Gasteiger partial charge in [0.15, 0.2) is 5.11 Å². The van der Waals surface area contributed by atoms with Crippen LogP contribution >= 0.6 is 19.5 Å². The zero-order chi connectivity index (χ0) is 48.4. The van der Waals surface area contributed by atoms with Crippen molar-refractivity contribution in [3.63, 3.8) is 0 Å². The molecule has 7 N–H and O–H groups in total. The SMILES string of the molecule is O=C(O)CN(CCN(CC(=O)O)CC(Cc1ccc(NC(=S)NCCCCCCCCCC[P+](c2ccccc2)(c2ccccc2)c2ccccc2)cc1)N(CC(=O)O)CC(=O)O)CC(=O)O. The van der Waals surface area contributed by atoms with Crippen molar-refractivity contribution in [3.05, 3.63) is 121 Å². The fourth-order valence-electron chi connectivity index (χ4n) is 8.36. The Labute approximate surface area is 399 Å². The van der Waals surface area contributed by atoms with E-state index in [2.05, 4.69) is 102 Å². The molecule has 0 aliphatic rings. The van der Waals surface area contributed by atoms with Crippen LogP contribution in [0.5, 0.6) is 0 Å². The first kappa shape index (κ1) is 53.8. The van der Waals surface area contributed by atoms with E-state index in [-0.39, 0.29) is 26.1 Å². The van der Waals surface area contributed by atoms with Crippen LogP contribution < -0.4 is 26.5 Å². The van der Waals surface area contributed by atoms with Gasteiger partial charge in [0.05, 0.1) is 38.9 Å². The van der Waals surface area contributed by atoms with Crippen molar-refractivity contribution in [1.82, 2.24) is 20.0 Å². The molecule has 0 amide bonds. The van der Waals surface area contributed by atoms with Crippen molar-refractivity contribution in [2.45, 2.75) is 63.8 Å². The topological polar surface area (TPSA) is 220 Å². The van der Waals surface area contributed by atoms with Gasteiger partial charge in [-0.1, -0.05) is 98.8 Å². The van der Waals surface area contributed by atoms with Crippen LogP contribution in [-0.4, -0.2) is 146 Å². The predicted octanol–water partition coefficient (Wildman–Crippen LogP) is 5.33. The molecule has 0 aliphatic heterocycles. The number of nitrogens with zero attached hydrogens (tertiary/aromatic N) is 3.